The largest absolute Gasteiger partial charge is 0.325 e. The van der Waals surface area contributed by atoms with Crippen molar-refractivity contribution in [1.82, 2.24) is 9.55 Å². The highest BCUT2D eigenvalue weighted by molar-refractivity contribution is 6.18. The molecule has 12 heavy (non-hydrogen) atoms. The normalized spacial score (nSPS) is 9.17. The summed E-state index contributed by atoms with van der Waals surface area (Å²) in [5.41, 5.74) is 0. The molecule has 0 spiro atoms. The summed E-state index contributed by atoms with van der Waals surface area (Å²) >= 11 is 5.49. The quantitative estimate of drug-likeness (QED) is 0.505. The molecule has 3 heteroatoms. The van der Waals surface area contributed by atoms with Gasteiger partial charge >= 0.3 is 0 Å². The van der Waals surface area contributed by atoms with Crippen molar-refractivity contribution in [2.24, 2.45) is 0 Å². The molecule has 0 atom stereocenters. The Morgan fingerprint density at radius 2 is 2.50 bits per heavy atom. The van der Waals surface area contributed by atoms with Gasteiger partial charge in [0.2, 0.25) is 0 Å². The second kappa shape index (κ2) is 4.84. The van der Waals surface area contributed by atoms with E-state index in [1.165, 1.54) is 0 Å². The Labute approximate surface area is 77.6 Å². The first kappa shape index (κ1) is 9.15. The van der Waals surface area contributed by atoms with E-state index in [1.54, 1.807) is 6.20 Å². The van der Waals surface area contributed by atoms with Crippen molar-refractivity contribution in [2.75, 3.05) is 5.88 Å². The van der Waals surface area contributed by atoms with Crippen LogP contribution >= 0.6 is 11.6 Å². The summed E-state index contributed by atoms with van der Waals surface area (Å²) in [5, 5.41) is 0. The third-order valence-electron chi connectivity index (χ3n) is 1.48. The summed E-state index contributed by atoms with van der Waals surface area (Å²) in [6, 6.07) is 0. The van der Waals surface area contributed by atoms with E-state index in [-0.39, 0.29) is 0 Å². The van der Waals surface area contributed by atoms with Crippen molar-refractivity contribution >= 4 is 11.6 Å². The first-order valence-electron chi connectivity index (χ1n) is 3.94. The third kappa shape index (κ3) is 2.28. The number of aromatic nitrogens is 2. The summed E-state index contributed by atoms with van der Waals surface area (Å²) in [6.07, 6.45) is 4.40. The molecule has 0 amide bonds. The highest BCUT2D eigenvalue weighted by Gasteiger charge is 1.93. The van der Waals surface area contributed by atoms with Crippen molar-refractivity contribution in [3.63, 3.8) is 0 Å². The Hall–Kier alpha value is -0.940. The van der Waals surface area contributed by atoms with Crippen LogP contribution in [0.4, 0.5) is 0 Å². The van der Waals surface area contributed by atoms with Crippen LogP contribution in [0.25, 0.3) is 0 Å². The van der Waals surface area contributed by atoms with Crippen molar-refractivity contribution in [2.45, 2.75) is 19.9 Å². The molecule has 2 nitrogen and oxygen atoms in total. The maximum atomic E-state index is 5.49. The molecule has 0 aliphatic rings. The van der Waals surface area contributed by atoms with Crippen LogP contribution < -0.4 is 0 Å². The van der Waals surface area contributed by atoms with Crippen molar-refractivity contribution in [1.29, 1.82) is 0 Å². The molecule has 0 aliphatic heterocycles. The lowest BCUT2D eigenvalue weighted by molar-refractivity contribution is 0.750. The van der Waals surface area contributed by atoms with Crippen molar-refractivity contribution < 1.29 is 0 Å². The average molecular weight is 183 g/mol. The van der Waals surface area contributed by atoms with Gasteiger partial charge in [0.25, 0.3) is 0 Å². The van der Waals surface area contributed by atoms with Crippen LogP contribution in [0.1, 0.15) is 19.2 Å². The minimum Gasteiger partial charge on any atom is -0.325 e. The molecule has 0 radical (unpaired) electrons. The molecule has 1 aromatic rings. The number of hydrogen-bond acceptors (Lipinski definition) is 1. The lowest BCUT2D eigenvalue weighted by atomic mass is 10.4. The summed E-state index contributed by atoms with van der Waals surface area (Å²) in [7, 11) is 0. The Morgan fingerprint density at radius 3 is 3.17 bits per heavy atom. The van der Waals surface area contributed by atoms with Gasteiger partial charge in [0.05, 0.1) is 0 Å². The molecule has 0 N–H and O–H groups in total. The van der Waals surface area contributed by atoms with Gasteiger partial charge in [-0.05, 0) is 12.8 Å². The Kier molecular flexibility index (Phi) is 3.69. The zero-order valence-electron chi connectivity index (χ0n) is 7.05. The SMILES string of the molecule is CCn1ccnc1C#CCCCl. The second-order valence-electron chi connectivity index (χ2n) is 2.28. The van der Waals surface area contributed by atoms with E-state index in [0.29, 0.717) is 5.88 Å². The Bertz CT molecular complexity index is 293. The number of rotatable bonds is 2. The van der Waals surface area contributed by atoms with E-state index in [4.69, 9.17) is 11.6 Å². The first-order chi connectivity index (χ1) is 5.88. The number of hydrogen-bond donors (Lipinski definition) is 0. The topological polar surface area (TPSA) is 17.8 Å². The van der Waals surface area contributed by atoms with E-state index in [0.717, 1.165) is 18.8 Å². The number of alkyl halides is 1. The van der Waals surface area contributed by atoms with E-state index >= 15 is 0 Å². The van der Waals surface area contributed by atoms with Crippen LogP contribution in [0.5, 0.6) is 0 Å². The summed E-state index contributed by atoms with van der Waals surface area (Å²) in [5.74, 6) is 7.31. The van der Waals surface area contributed by atoms with E-state index < -0.39 is 0 Å². The third-order valence-corrected chi connectivity index (χ3v) is 1.66. The molecular formula is C9H11ClN2. The molecule has 0 unspecified atom stereocenters. The second-order valence-corrected chi connectivity index (χ2v) is 2.66. The van der Waals surface area contributed by atoms with Gasteiger partial charge in [-0.3, -0.25) is 0 Å². The first-order valence-corrected chi connectivity index (χ1v) is 4.48. The predicted molar refractivity (Wildman–Crippen MR) is 50.1 cm³/mol. The van der Waals surface area contributed by atoms with Gasteiger partial charge in [-0.25, -0.2) is 4.98 Å². The van der Waals surface area contributed by atoms with Crippen molar-refractivity contribution in [3.05, 3.63) is 18.2 Å². The fourth-order valence-corrected chi connectivity index (χ4v) is 0.972. The minimum atomic E-state index is 0.583. The highest BCUT2D eigenvalue weighted by atomic mass is 35.5. The Balaban J connectivity index is 2.69. The van der Waals surface area contributed by atoms with Gasteiger partial charge < -0.3 is 4.57 Å². The lowest BCUT2D eigenvalue weighted by Gasteiger charge is -1.95. The molecule has 0 fully saturated rings. The lowest BCUT2D eigenvalue weighted by Crippen LogP contribution is -1.95. The zero-order valence-corrected chi connectivity index (χ0v) is 7.80. The molecule has 0 saturated heterocycles. The summed E-state index contributed by atoms with van der Waals surface area (Å²) in [6.45, 7) is 2.97. The fourth-order valence-electron chi connectivity index (χ4n) is 0.877. The van der Waals surface area contributed by atoms with Crippen LogP contribution in [0, 0.1) is 11.8 Å². The molecule has 64 valence electrons. The van der Waals surface area contributed by atoms with Gasteiger partial charge in [0, 0.05) is 31.2 Å². The number of nitrogens with zero attached hydrogens (tertiary/aromatic N) is 2. The fraction of sp³-hybridized carbons (Fsp3) is 0.444. The number of aryl methyl sites for hydroxylation is 1. The monoisotopic (exact) mass is 182 g/mol. The zero-order chi connectivity index (χ0) is 8.81. The van der Waals surface area contributed by atoms with Gasteiger partial charge in [-0.2, -0.15) is 0 Å². The van der Waals surface area contributed by atoms with Crippen LogP contribution in [0.15, 0.2) is 12.4 Å². The van der Waals surface area contributed by atoms with Crippen LogP contribution in [0.3, 0.4) is 0 Å². The molecule has 0 saturated carbocycles. The smallest absolute Gasteiger partial charge is 0.185 e. The van der Waals surface area contributed by atoms with Crippen LogP contribution in [0.2, 0.25) is 0 Å². The standard InChI is InChI=1S/C9H11ClN2/c1-2-12-8-7-11-9(12)5-3-4-6-10/h7-8H,2,4,6H2,1H3. The number of halogens is 1. The minimum absolute atomic E-state index is 0.583. The van der Waals surface area contributed by atoms with E-state index in [1.807, 2.05) is 10.8 Å². The molecule has 0 aliphatic carbocycles. The summed E-state index contributed by atoms with van der Waals surface area (Å²) in [4.78, 5) is 4.11. The molecule has 0 aromatic carbocycles. The highest BCUT2D eigenvalue weighted by Crippen LogP contribution is 1.94. The van der Waals surface area contributed by atoms with Crippen molar-refractivity contribution in [3.8, 4) is 11.8 Å². The molecule has 1 aromatic heterocycles. The van der Waals surface area contributed by atoms with E-state index in [9.17, 15) is 0 Å². The predicted octanol–water partition coefficient (Wildman–Crippen LogP) is 1.88. The van der Waals surface area contributed by atoms with Gasteiger partial charge in [-0.15, -0.1) is 11.6 Å². The van der Waals surface area contributed by atoms with E-state index in [2.05, 4.69) is 23.7 Å². The maximum absolute atomic E-state index is 5.49. The van der Waals surface area contributed by atoms with Crippen LogP contribution in [-0.2, 0) is 6.54 Å². The maximum Gasteiger partial charge on any atom is 0.185 e. The molecule has 0 bridgehead atoms. The summed E-state index contributed by atoms with van der Waals surface area (Å²) < 4.78 is 2.00. The molecule has 1 heterocycles. The van der Waals surface area contributed by atoms with Gasteiger partial charge in [-0.1, -0.05) is 5.92 Å². The average Bonchev–Trinajstić information content (AvgIpc) is 2.52. The number of imidazole rings is 1. The Morgan fingerprint density at radius 1 is 1.67 bits per heavy atom. The van der Waals surface area contributed by atoms with Crippen LogP contribution in [-0.4, -0.2) is 15.4 Å². The molecular weight excluding hydrogens is 172 g/mol. The molecule has 1 rings (SSSR count). The van der Waals surface area contributed by atoms with Gasteiger partial charge in [0.1, 0.15) is 0 Å². The van der Waals surface area contributed by atoms with Gasteiger partial charge in [0.15, 0.2) is 5.82 Å².